The number of methoxy groups -OCH3 is 1. The molecule has 1 N–H and O–H groups in total. The van der Waals surface area contributed by atoms with Crippen molar-refractivity contribution in [3.8, 4) is 11.5 Å². The molecule has 0 saturated heterocycles. The Balaban J connectivity index is 2.54. The van der Waals surface area contributed by atoms with Gasteiger partial charge in [-0.25, -0.2) is 0 Å². The summed E-state index contributed by atoms with van der Waals surface area (Å²) in [6.07, 6.45) is 4.24. The van der Waals surface area contributed by atoms with E-state index in [0.29, 0.717) is 24.7 Å². The molecule has 0 spiro atoms. The summed E-state index contributed by atoms with van der Waals surface area (Å²) in [4.78, 5) is 13.8. The van der Waals surface area contributed by atoms with E-state index in [9.17, 15) is 4.79 Å². The molecule has 0 bridgehead atoms. The van der Waals surface area contributed by atoms with Gasteiger partial charge in [0, 0.05) is 12.6 Å². The Morgan fingerprint density at radius 2 is 2.09 bits per heavy atom. The molecule has 122 valence electrons. The molecule has 0 saturated carbocycles. The molecule has 0 aliphatic carbocycles. The highest BCUT2D eigenvalue weighted by Crippen LogP contribution is 2.28. The zero-order valence-corrected chi connectivity index (χ0v) is 13.9. The Morgan fingerprint density at radius 1 is 1.32 bits per heavy atom. The number of hydrogen-bond acceptors (Lipinski definition) is 4. The van der Waals surface area contributed by atoms with Gasteiger partial charge in [0.25, 0.3) is 0 Å². The van der Waals surface area contributed by atoms with Gasteiger partial charge in [-0.15, -0.1) is 0 Å². The van der Waals surface area contributed by atoms with Crippen LogP contribution >= 0.6 is 0 Å². The van der Waals surface area contributed by atoms with Gasteiger partial charge in [0.05, 0.1) is 13.7 Å². The number of rotatable bonds is 9. The van der Waals surface area contributed by atoms with Crippen LogP contribution in [-0.2, 0) is 4.79 Å². The van der Waals surface area contributed by atoms with E-state index in [1.807, 2.05) is 39.2 Å². The molecule has 0 radical (unpaired) electrons. The fourth-order valence-corrected chi connectivity index (χ4v) is 1.90. The molecule has 0 heterocycles. The summed E-state index contributed by atoms with van der Waals surface area (Å²) >= 11 is 0. The zero-order chi connectivity index (χ0) is 16.4. The lowest BCUT2D eigenvalue weighted by molar-refractivity contribution is -0.116. The second-order valence-corrected chi connectivity index (χ2v) is 5.12. The van der Waals surface area contributed by atoms with Crippen molar-refractivity contribution >= 4 is 12.0 Å². The number of hydrogen-bond donors (Lipinski definition) is 1. The monoisotopic (exact) mass is 306 g/mol. The zero-order valence-electron chi connectivity index (χ0n) is 13.9. The molecule has 22 heavy (non-hydrogen) atoms. The summed E-state index contributed by atoms with van der Waals surface area (Å²) in [5.74, 6) is 1.28. The molecule has 0 fully saturated rings. The average Bonchev–Trinajstić information content (AvgIpc) is 2.50. The third kappa shape index (κ3) is 6.63. The maximum atomic E-state index is 11.7. The number of carbonyl (C=O) groups is 1. The van der Waals surface area contributed by atoms with Crippen LogP contribution in [0.1, 0.15) is 18.9 Å². The second kappa shape index (κ2) is 9.84. The molecule has 1 aromatic rings. The highest BCUT2D eigenvalue weighted by molar-refractivity contribution is 5.91. The van der Waals surface area contributed by atoms with Gasteiger partial charge >= 0.3 is 0 Å². The van der Waals surface area contributed by atoms with Gasteiger partial charge in [0.2, 0.25) is 5.91 Å². The summed E-state index contributed by atoms with van der Waals surface area (Å²) in [5.41, 5.74) is 0.896. The van der Waals surface area contributed by atoms with E-state index in [1.54, 1.807) is 13.2 Å². The quantitative estimate of drug-likeness (QED) is 0.561. The SMILES string of the molecule is CCOc1cc(/C=C/C(=O)NCCCN(C)C)ccc1OC. The summed E-state index contributed by atoms with van der Waals surface area (Å²) in [6.45, 7) is 4.12. The van der Waals surface area contributed by atoms with Gasteiger partial charge < -0.3 is 19.7 Å². The van der Waals surface area contributed by atoms with E-state index in [4.69, 9.17) is 9.47 Å². The lowest BCUT2D eigenvalue weighted by Gasteiger charge is -2.10. The highest BCUT2D eigenvalue weighted by atomic mass is 16.5. The molecule has 0 aliphatic heterocycles. The molecular formula is C17H26N2O3. The molecule has 1 aromatic carbocycles. The van der Waals surface area contributed by atoms with Gasteiger partial charge in [-0.3, -0.25) is 4.79 Å². The third-order valence-corrected chi connectivity index (χ3v) is 3.00. The summed E-state index contributed by atoms with van der Waals surface area (Å²) in [5, 5.41) is 2.86. The Hall–Kier alpha value is -2.01. The third-order valence-electron chi connectivity index (χ3n) is 3.00. The first-order valence-electron chi connectivity index (χ1n) is 7.48. The lowest BCUT2D eigenvalue weighted by atomic mass is 10.2. The van der Waals surface area contributed by atoms with Gasteiger partial charge in [0.1, 0.15) is 0 Å². The number of amides is 1. The molecular weight excluding hydrogens is 280 g/mol. The predicted octanol–water partition coefficient (Wildman–Crippen LogP) is 2.17. The number of benzene rings is 1. The van der Waals surface area contributed by atoms with E-state index in [2.05, 4.69) is 10.2 Å². The normalized spacial score (nSPS) is 11.0. The van der Waals surface area contributed by atoms with E-state index < -0.39 is 0 Å². The number of carbonyl (C=O) groups excluding carboxylic acids is 1. The number of ether oxygens (including phenoxy) is 2. The number of nitrogens with one attached hydrogen (secondary N) is 1. The number of nitrogens with zero attached hydrogens (tertiary/aromatic N) is 1. The molecule has 1 rings (SSSR count). The minimum absolute atomic E-state index is 0.0902. The minimum atomic E-state index is -0.0902. The van der Waals surface area contributed by atoms with Crippen LogP contribution in [0.25, 0.3) is 6.08 Å². The van der Waals surface area contributed by atoms with E-state index >= 15 is 0 Å². The van der Waals surface area contributed by atoms with Crippen molar-refractivity contribution in [2.75, 3.05) is 40.9 Å². The smallest absolute Gasteiger partial charge is 0.243 e. The van der Waals surface area contributed by atoms with Crippen molar-refractivity contribution in [2.24, 2.45) is 0 Å². The molecule has 5 nitrogen and oxygen atoms in total. The van der Waals surface area contributed by atoms with Crippen molar-refractivity contribution in [3.05, 3.63) is 29.8 Å². The first-order valence-corrected chi connectivity index (χ1v) is 7.48. The lowest BCUT2D eigenvalue weighted by Crippen LogP contribution is -2.25. The molecule has 0 atom stereocenters. The predicted molar refractivity (Wildman–Crippen MR) is 89.4 cm³/mol. The molecule has 5 heteroatoms. The van der Waals surface area contributed by atoms with Crippen molar-refractivity contribution in [1.82, 2.24) is 10.2 Å². The van der Waals surface area contributed by atoms with Crippen LogP contribution in [0.4, 0.5) is 0 Å². The second-order valence-electron chi connectivity index (χ2n) is 5.12. The van der Waals surface area contributed by atoms with Gasteiger partial charge in [-0.05, 0) is 57.8 Å². The standard InChI is InChI=1S/C17H26N2O3/c1-5-22-16-13-14(7-9-15(16)21-4)8-10-17(20)18-11-6-12-19(2)3/h7-10,13H,5-6,11-12H2,1-4H3,(H,18,20)/b10-8+. The topological polar surface area (TPSA) is 50.8 Å². The maximum absolute atomic E-state index is 11.7. The van der Waals surface area contributed by atoms with Crippen molar-refractivity contribution in [2.45, 2.75) is 13.3 Å². The van der Waals surface area contributed by atoms with E-state index in [-0.39, 0.29) is 5.91 Å². The largest absolute Gasteiger partial charge is 0.493 e. The van der Waals surface area contributed by atoms with Crippen LogP contribution in [0.5, 0.6) is 11.5 Å². The molecule has 0 aliphatic rings. The van der Waals surface area contributed by atoms with Gasteiger partial charge in [-0.1, -0.05) is 6.07 Å². The Labute approximate surface area is 132 Å². The first kappa shape index (κ1) is 18.0. The average molecular weight is 306 g/mol. The van der Waals surface area contributed by atoms with E-state index in [1.165, 1.54) is 6.08 Å². The van der Waals surface area contributed by atoms with Crippen LogP contribution in [0, 0.1) is 0 Å². The molecule has 0 aromatic heterocycles. The summed E-state index contributed by atoms with van der Waals surface area (Å²) < 4.78 is 10.7. The van der Waals surface area contributed by atoms with Gasteiger partial charge in [-0.2, -0.15) is 0 Å². The van der Waals surface area contributed by atoms with Crippen LogP contribution in [0.15, 0.2) is 24.3 Å². The fourth-order valence-electron chi connectivity index (χ4n) is 1.90. The van der Waals surface area contributed by atoms with Crippen molar-refractivity contribution in [3.63, 3.8) is 0 Å². The highest BCUT2D eigenvalue weighted by Gasteiger charge is 2.04. The van der Waals surface area contributed by atoms with Crippen LogP contribution in [0.3, 0.4) is 0 Å². The minimum Gasteiger partial charge on any atom is -0.493 e. The maximum Gasteiger partial charge on any atom is 0.243 e. The molecule has 1 amide bonds. The summed E-state index contributed by atoms with van der Waals surface area (Å²) in [6, 6.07) is 5.58. The first-order chi connectivity index (χ1) is 10.6. The molecule has 0 unspecified atom stereocenters. The summed E-state index contributed by atoms with van der Waals surface area (Å²) in [7, 11) is 5.64. The van der Waals surface area contributed by atoms with E-state index in [0.717, 1.165) is 18.5 Å². The van der Waals surface area contributed by atoms with Gasteiger partial charge in [0.15, 0.2) is 11.5 Å². The van der Waals surface area contributed by atoms with Crippen LogP contribution in [0.2, 0.25) is 0 Å². The Bertz CT molecular complexity index is 499. The van der Waals surface area contributed by atoms with Crippen molar-refractivity contribution in [1.29, 1.82) is 0 Å². The Kier molecular flexibility index (Phi) is 8.07. The fraction of sp³-hybridized carbons (Fsp3) is 0.471. The van der Waals surface area contributed by atoms with Crippen LogP contribution < -0.4 is 14.8 Å². The van der Waals surface area contributed by atoms with Crippen LogP contribution in [-0.4, -0.2) is 51.7 Å². The van der Waals surface area contributed by atoms with Crippen molar-refractivity contribution < 1.29 is 14.3 Å². The Morgan fingerprint density at radius 3 is 2.73 bits per heavy atom.